The van der Waals surface area contributed by atoms with E-state index in [2.05, 4.69) is 0 Å². The van der Waals surface area contributed by atoms with Gasteiger partial charge in [-0.15, -0.1) is 0 Å². The fourth-order valence-corrected chi connectivity index (χ4v) is 2.80. The molecule has 2 rings (SSSR count). The zero-order valence-electron chi connectivity index (χ0n) is 12.4. The maximum absolute atomic E-state index is 12.8. The van der Waals surface area contributed by atoms with E-state index < -0.39 is 43.0 Å². The molecule has 134 valence electrons. The van der Waals surface area contributed by atoms with Crippen molar-refractivity contribution in [2.45, 2.75) is 11.1 Å². The van der Waals surface area contributed by atoms with Gasteiger partial charge in [0.25, 0.3) is 0 Å². The second-order valence-electron chi connectivity index (χ2n) is 4.90. The van der Waals surface area contributed by atoms with E-state index in [1.54, 1.807) is 0 Å². The summed E-state index contributed by atoms with van der Waals surface area (Å²) in [5.74, 6) is -0.657. The van der Waals surface area contributed by atoms with Gasteiger partial charge in [-0.05, 0) is 18.2 Å². The molecule has 2 aromatic rings. The van der Waals surface area contributed by atoms with Crippen LogP contribution in [-0.2, 0) is 16.0 Å². The van der Waals surface area contributed by atoms with Crippen molar-refractivity contribution in [2.75, 3.05) is 6.26 Å². The number of hydrogen-bond donors (Lipinski definition) is 0. The fraction of sp³-hybridized carbons (Fsp3) is 0.143. The van der Waals surface area contributed by atoms with Crippen molar-refractivity contribution < 1.29 is 31.2 Å². The van der Waals surface area contributed by atoms with Crippen LogP contribution in [0, 0.1) is 10.1 Å². The maximum Gasteiger partial charge on any atom is 0.418 e. The third kappa shape index (κ3) is 4.40. The summed E-state index contributed by atoms with van der Waals surface area (Å²) in [6.07, 6.45) is -3.93. The molecule has 0 spiro atoms. The van der Waals surface area contributed by atoms with Crippen LogP contribution < -0.4 is 4.74 Å². The first-order valence-corrected chi connectivity index (χ1v) is 8.69. The van der Waals surface area contributed by atoms with E-state index in [9.17, 15) is 31.7 Å². The lowest BCUT2D eigenvalue weighted by Crippen LogP contribution is -2.07. The minimum Gasteiger partial charge on any atom is -0.450 e. The van der Waals surface area contributed by atoms with Gasteiger partial charge in [0.1, 0.15) is 5.75 Å². The molecule has 0 saturated carbocycles. The zero-order chi connectivity index (χ0) is 19.0. The number of nitro benzene ring substituents is 1. The molecule has 0 bridgehead atoms. The lowest BCUT2D eigenvalue weighted by atomic mass is 10.1. The van der Waals surface area contributed by atoms with Crippen molar-refractivity contribution in [3.63, 3.8) is 0 Å². The third-order valence-corrected chi connectivity index (χ3v) is 4.44. The Bertz CT molecular complexity index is 944. The van der Waals surface area contributed by atoms with E-state index in [0.29, 0.717) is 6.07 Å². The topological polar surface area (TPSA) is 86.5 Å². The van der Waals surface area contributed by atoms with E-state index in [0.717, 1.165) is 12.3 Å². The minimum atomic E-state index is -4.88. The molecule has 0 heterocycles. The van der Waals surface area contributed by atoms with Gasteiger partial charge in [-0.3, -0.25) is 10.1 Å². The first kappa shape index (κ1) is 19.0. The second kappa shape index (κ2) is 6.52. The lowest BCUT2D eigenvalue weighted by Gasteiger charge is -2.12. The summed E-state index contributed by atoms with van der Waals surface area (Å²) in [6, 6.07) is 5.90. The molecule has 6 nitrogen and oxygen atoms in total. The Kier molecular flexibility index (Phi) is 4.96. The highest BCUT2D eigenvalue weighted by Gasteiger charge is 2.36. The van der Waals surface area contributed by atoms with Crippen molar-refractivity contribution in [3.8, 4) is 11.5 Å². The Balaban J connectivity index is 2.53. The number of alkyl halides is 3. The van der Waals surface area contributed by atoms with E-state index >= 15 is 0 Å². The number of ether oxygens (including phenoxy) is 1. The molecule has 0 amide bonds. The SMILES string of the molecule is CS(=O)(=O)c1cccc(Oc2cc(Cl)c(C(F)(F)F)cc2[N+](=O)[O-])c1. The van der Waals surface area contributed by atoms with Crippen molar-refractivity contribution >= 4 is 27.1 Å². The molecule has 0 aliphatic rings. The standard InChI is InChI=1S/C14H9ClF3NO5S/c1-25(22,23)9-4-2-3-8(5-9)24-13-7-11(15)10(14(16,17)18)6-12(13)19(20)21/h2-7H,1H3. The second-order valence-corrected chi connectivity index (χ2v) is 7.33. The van der Waals surface area contributed by atoms with Crippen LogP contribution in [0.4, 0.5) is 18.9 Å². The average Bonchev–Trinajstić information content (AvgIpc) is 2.45. The van der Waals surface area contributed by atoms with Crippen LogP contribution in [0.5, 0.6) is 11.5 Å². The number of hydrogen-bond acceptors (Lipinski definition) is 5. The van der Waals surface area contributed by atoms with Crippen LogP contribution >= 0.6 is 11.6 Å². The normalized spacial score (nSPS) is 12.0. The van der Waals surface area contributed by atoms with Gasteiger partial charge >= 0.3 is 11.9 Å². The summed E-state index contributed by atoms with van der Waals surface area (Å²) in [7, 11) is -3.57. The molecule has 11 heteroatoms. The Morgan fingerprint density at radius 1 is 1.20 bits per heavy atom. The monoisotopic (exact) mass is 395 g/mol. The number of rotatable bonds is 4. The Hall–Kier alpha value is -2.33. The zero-order valence-corrected chi connectivity index (χ0v) is 13.9. The molecule has 0 radical (unpaired) electrons. The molecule has 0 saturated heterocycles. The molecular formula is C14H9ClF3NO5S. The van der Waals surface area contributed by atoms with Crippen LogP contribution in [0.3, 0.4) is 0 Å². The Morgan fingerprint density at radius 3 is 2.36 bits per heavy atom. The van der Waals surface area contributed by atoms with E-state index in [-0.39, 0.29) is 16.7 Å². The Morgan fingerprint density at radius 2 is 1.84 bits per heavy atom. The van der Waals surface area contributed by atoms with Crippen molar-refractivity contribution in [1.82, 2.24) is 0 Å². The number of sulfone groups is 1. The molecule has 0 aromatic heterocycles. The van der Waals surface area contributed by atoms with E-state index in [4.69, 9.17) is 16.3 Å². The highest BCUT2D eigenvalue weighted by molar-refractivity contribution is 7.90. The van der Waals surface area contributed by atoms with Gasteiger partial charge in [0.05, 0.1) is 20.4 Å². The quantitative estimate of drug-likeness (QED) is 0.563. The molecule has 0 atom stereocenters. The summed E-state index contributed by atoms with van der Waals surface area (Å²) in [5, 5.41) is 10.3. The van der Waals surface area contributed by atoms with Crippen LogP contribution in [0.1, 0.15) is 5.56 Å². The van der Waals surface area contributed by atoms with Gasteiger partial charge < -0.3 is 4.74 Å². The van der Waals surface area contributed by atoms with Gasteiger partial charge in [0.2, 0.25) is 5.75 Å². The van der Waals surface area contributed by atoms with Crippen LogP contribution in [0.15, 0.2) is 41.3 Å². The lowest BCUT2D eigenvalue weighted by molar-refractivity contribution is -0.385. The Labute approximate surface area is 144 Å². The number of benzene rings is 2. The predicted octanol–water partition coefficient (Wildman–Crippen LogP) is 4.46. The maximum atomic E-state index is 12.8. The van der Waals surface area contributed by atoms with Gasteiger partial charge in [-0.2, -0.15) is 13.2 Å². The van der Waals surface area contributed by atoms with Crippen molar-refractivity contribution in [1.29, 1.82) is 0 Å². The summed E-state index contributed by atoms with van der Waals surface area (Å²) >= 11 is 5.54. The van der Waals surface area contributed by atoms with Gasteiger partial charge in [0.15, 0.2) is 9.84 Å². The average molecular weight is 396 g/mol. The van der Waals surface area contributed by atoms with E-state index in [1.165, 1.54) is 18.2 Å². The predicted molar refractivity (Wildman–Crippen MR) is 82.7 cm³/mol. The number of nitro groups is 1. The molecule has 0 N–H and O–H groups in total. The molecule has 2 aromatic carbocycles. The summed E-state index contributed by atoms with van der Waals surface area (Å²) < 4.78 is 66.7. The highest BCUT2D eigenvalue weighted by atomic mass is 35.5. The van der Waals surface area contributed by atoms with E-state index in [1.807, 2.05) is 0 Å². The summed E-state index contributed by atoms with van der Waals surface area (Å²) in [6.45, 7) is 0. The number of halogens is 4. The van der Waals surface area contributed by atoms with Crippen LogP contribution in [0.25, 0.3) is 0 Å². The molecule has 25 heavy (non-hydrogen) atoms. The summed E-state index contributed by atoms with van der Waals surface area (Å²) in [5.41, 5.74) is -2.33. The summed E-state index contributed by atoms with van der Waals surface area (Å²) in [4.78, 5) is 9.87. The minimum absolute atomic E-state index is 0.109. The van der Waals surface area contributed by atoms with Crippen molar-refractivity contribution in [3.05, 3.63) is 57.1 Å². The molecule has 0 unspecified atom stereocenters. The fourth-order valence-electron chi connectivity index (χ4n) is 1.88. The smallest absolute Gasteiger partial charge is 0.418 e. The van der Waals surface area contributed by atoms with Gasteiger partial charge in [-0.25, -0.2) is 8.42 Å². The van der Waals surface area contributed by atoms with Crippen LogP contribution in [0.2, 0.25) is 5.02 Å². The molecule has 0 aliphatic carbocycles. The first-order chi connectivity index (χ1) is 11.4. The molecule has 0 fully saturated rings. The van der Waals surface area contributed by atoms with Crippen molar-refractivity contribution in [2.24, 2.45) is 0 Å². The number of nitrogens with zero attached hydrogens (tertiary/aromatic N) is 1. The molecular weight excluding hydrogens is 387 g/mol. The van der Waals surface area contributed by atoms with Crippen LogP contribution in [-0.4, -0.2) is 19.6 Å². The highest BCUT2D eigenvalue weighted by Crippen LogP contribution is 2.42. The van der Waals surface area contributed by atoms with Gasteiger partial charge in [0, 0.05) is 18.4 Å². The largest absolute Gasteiger partial charge is 0.450 e. The van der Waals surface area contributed by atoms with Gasteiger partial charge in [-0.1, -0.05) is 17.7 Å². The third-order valence-electron chi connectivity index (χ3n) is 3.01. The first-order valence-electron chi connectivity index (χ1n) is 6.42. The molecule has 0 aliphatic heterocycles.